The minimum absolute atomic E-state index is 0.0958. The number of nitrogens with one attached hydrogen (secondary N) is 2. The van der Waals surface area contributed by atoms with Crippen molar-refractivity contribution in [3.63, 3.8) is 0 Å². The molecule has 0 unspecified atom stereocenters. The fraction of sp³-hybridized carbons (Fsp3) is 0.360. The molecule has 0 fully saturated rings. The van der Waals surface area contributed by atoms with E-state index in [0.29, 0.717) is 28.3 Å². The minimum Gasteiger partial charge on any atom is -0.444 e. The monoisotopic (exact) mass is 480 g/mol. The van der Waals surface area contributed by atoms with E-state index in [9.17, 15) is 14.0 Å². The van der Waals surface area contributed by atoms with E-state index < -0.39 is 23.5 Å². The first kappa shape index (κ1) is 25.7. The molecule has 10 heteroatoms. The van der Waals surface area contributed by atoms with E-state index in [0.717, 1.165) is 11.4 Å². The van der Waals surface area contributed by atoms with Crippen LogP contribution in [-0.4, -0.2) is 37.5 Å². The summed E-state index contributed by atoms with van der Waals surface area (Å²) >= 11 is 0. The van der Waals surface area contributed by atoms with Gasteiger partial charge in [-0.05, 0) is 77.4 Å². The van der Waals surface area contributed by atoms with Gasteiger partial charge < -0.3 is 15.4 Å². The molecule has 0 spiro atoms. The third kappa shape index (κ3) is 7.53. The van der Waals surface area contributed by atoms with Crippen molar-refractivity contribution in [2.75, 3.05) is 0 Å². The predicted octanol–water partition coefficient (Wildman–Crippen LogP) is 3.95. The number of ether oxygens (including phenoxy) is 1. The predicted molar refractivity (Wildman–Crippen MR) is 128 cm³/mol. The number of hydrogen-bond acceptors (Lipinski definition) is 7. The van der Waals surface area contributed by atoms with Gasteiger partial charge in [-0.3, -0.25) is 4.79 Å². The van der Waals surface area contributed by atoms with Gasteiger partial charge in [0, 0.05) is 29.2 Å². The van der Waals surface area contributed by atoms with E-state index in [-0.39, 0.29) is 18.8 Å². The number of hydrogen-bond donors (Lipinski definition) is 2. The van der Waals surface area contributed by atoms with E-state index in [1.165, 1.54) is 6.07 Å². The Morgan fingerprint density at radius 2 is 1.60 bits per heavy atom. The van der Waals surface area contributed by atoms with Crippen LogP contribution in [0.1, 0.15) is 59.7 Å². The summed E-state index contributed by atoms with van der Waals surface area (Å²) in [6, 6.07) is 7.91. The number of rotatable bonds is 6. The zero-order valence-electron chi connectivity index (χ0n) is 20.7. The lowest BCUT2D eigenvalue weighted by Crippen LogP contribution is -2.32. The first-order valence-corrected chi connectivity index (χ1v) is 11.1. The standard InChI is InChI=1S/C25H29FN6O3/c1-14-9-15(2)30-22(29-14)13-27-23(33)20-11-17(12-28-24(34)35-25(4,5)6)10-19(32-20)18-7-8-21(26)31-16(18)3/h7-11H,12-13H2,1-6H3,(H,27,33)(H,28,34). The van der Waals surface area contributed by atoms with E-state index in [2.05, 4.69) is 30.6 Å². The van der Waals surface area contributed by atoms with Crippen molar-refractivity contribution in [2.24, 2.45) is 0 Å². The summed E-state index contributed by atoms with van der Waals surface area (Å²) in [7, 11) is 0. The first-order valence-electron chi connectivity index (χ1n) is 11.1. The Morgan fingerprint density at radius 1 is 0.914 bits per heavy atom. The molecule has 0 saturated carbocycles. The Bertz CT molecular complexity index is 1240. The van der Waals surface area contributed by atoms with Gasteiger partial charge in [-0.15, -0.1) is 0 Å². The van der Waals surface area contributed by atoms with Gasteiger partial charge in [-0.1, -0.05) is 0 Å². The number of aromatic nitrogens is 4. The van der Waals surface area contributed by atoms with E-state index in [1.54, 1.807) is 45.9 Å². The number of nitrogens with zero attached hydrogens (tertiary/aromatic N) is 4. The van der Waals surface area contributed by atoms with Gasteiger partial charge in [-0.25, -0.2) is 24.7 Å². The van der Waals surface area contributed by atoms with Crippen LogP contribution in [0.5, 0.6) is 0 Å². The number of carbonyl (C=O) groups excluding carboxylic acids is 2. The van der Waals surface area contributed by atoms with Gasteiger partial charge in [0.25, 0.3) is 5.91 Å². The van der Waals surface area contributed by atoms with Gasteiger partial charge in [-0.2, -0.15) is 4.39 Å². The van der Waals surface area contributed by atoms with Crippen molar-refractivity contribution >= 4 is 12.0 Å². The Balaban J connectivity index is 1.87. The van der Waals surface area contributed by atoms with Gasteiger partial charge >= 0.3 is 6.09 Å². The van der Waals surface area contributed by atoms with E-state index in [4.69, 9.17) is 4.74 Å². The second-order valence-corrected chi connectivity index (χ2v) is 9.12. The molecule has 3 aromatic heterocycles. The zero-order chi connectivity index (χ0) is 25.8. The van der Waals surface area contributed by atoms with Gasteiger partial charge in [0.15, 0.2) is 0 Å². The smallest absolute Gasteiger partial charge is 0.407 e. The van der Waals surface area contributed by atoms with Crippen LogP contribution in [0, 0.1) is 26.7 Å². The lowest BCUT2D eigenvalue weighted by Gasteiger charge is -2.20. The molecule has 2 N–H and O–H groups in total. The molecule has 0 aliphatic rings. The number of amides is 2. The number of pyridine rings is 2. The van der Waals surface area contributed by atoms with Crippen molar-refractivity contribution in [1.29, 1.82) is 0 Å². The lowest BCUT2D eigenvalue weighted by atomic mass is 10.1. The largest absolute Gasteiger partial charge is 0.444 e. The van der Waals surface area contributed by atoms with Gasteiger partial charge in [0.2, 0.25) is 5.95 Å². The summed E-state index contributed by atoms with van der Waals surface area (Å²) in [4.78, 5) is 42.1. The number of alkyl carbamates (subject to hydrolysis) is 1. The molecule has 184 valence electrons. The van der Waals surface area contributed by atoms with Crippen molar-refractivity contribution in [3.8, 4) is 11.3 Å². The Morgan fingerprint density at radius 3 is 2.23 bits per heavy atom. The molecule has 9 nitrogen and oxygen atoms in total. The van der Waals surface area contributed by atoms with Crippen LogP contribution in [0.4, 0.5) is 9.18 Å². The lowest BCUT2D eigenvalue weighted by molar-refractivity contribution is 0.0523. The Labute approximate surface area is 203 Å². The van der Waals surface area contributed by atoms with Crippen molar-refractivity contribution < 1.29 is 18.7 Å². The third-order valence-electron chi connectivity index (χ3n) is 4.72. The molecule has 0 bridgehead atoms. The summed E-state index contributed by atoms with van der Waals surface area (Å²) < 4.78 is 18.8. The molecular formula is C25H29FN6O3. The van der Waals surface area contributed by atoms with E-state index >= 15 is 0 Å². The van der Waals surface area contributed by atoms with E-state index in [1.807, 2.05) is 19.9 Å². The third-order valence-corrected chi connectivity index (χ3v) is 4.72. The number of halogens is 1. The maximum absolute atomic E-state index is 13.5. The number of carbonyl (C=O) groups is 2. The molecule has 35 heavy (non-hydrogen) atoms. The van der Waals surface area contributed by atoms with Crippen molar-refractivity contribution in [3.05, 3.63) is 70.4 Å². The molecule has 3 aromatic rings. The van der Waals surface area contributed by atoms with Crippen molar-refractivity contribution in [2.45, 2.75) is 60.2 Å². The molecule has 3 rings (SSSR count). The molecular weight excluding hydrogens is 451 g/mol. The molecule has 0 saturated heterocycles. The summed E-state index contributed by atoms with van der Waals surface area (Å²) in [6.45, 7) is 10.9. The Kier molecular flexibility index (Phi) is 7.73. The quantitative estimate of drug-likeness (QED) is 0.513. The molecule has 0 radical (unpaired) electrons. The molecule has 0 aromatic carbocycles. The SMILES string of the molecule is Cc1cc(C)nc(CNC(=O)c2cc(CNC(=O)OC(C)(C)C)cc(-c3ccc(F)nc3C)n2)n1. The second-order valence-electron chi connectivity index (χ2n) is 9.12. The average molecular weight is 481 g/mol. The molecule has 0 aliphatic heterocycles. The molecule has 0 atom stereocenters. The maximum atomic E-state index is 13.5. The maximum Gasteiger partial charge on any atom is 0.407 e. The zero-order valence-corrected chi connectivity index (χ0v) is 20.7. The summed E-state index contributed by atoms with van der Waals surface area (Å²) in [5.41, 5.74) is 3.10. The van der Waals surface area contributed by atoms with Gasteiger partial charge in [0.05, 0.1) is 12.2 Å². The number of aryl methyl sites for hydroxylation is 3. The van der Waals surface area contributed by atoms with Crippen LogP contribution in [0.15, 0.2) is 30.3 Å². The highest BCUT2D eigenvalue weighted by atomic mass is 19.1. The second kappa shape index (κ2) is 10.5. The molecule has 3 heterocycles. The van der Waals surface area contributed by atoms with Crippen LogP contribution in [0.3, 0.4) is 0 Å². The van der Waals surface area contributed by atoms with Crippen LogP contribution >= 0.6 is 0 Å². The van der Waals surface area contributed by atoms with Crippen LogP contribution in [0.2, 0.25) is 0 Å². The van der Waals surface area contributed by atoms with Crippen LogP contribution < -0.4 is 10.6 Å². The Hall–Kier alpha value is -3.95. The highest BCUT2D eigenvalue weighted by Crippen LogP contribution is 2.22. The molecule has 2 amide bonds. The minimum atomic E-state index is -0.647. The summed E-state index contributed by atoms with van der Waals surface area (Å²) in [5.74, 6) is -0.571. The van der Waals surface area contributed by atoms with Crippen molar-refractivity contribution in [1.82, 2.24) is 30.6 Å². The van der Waals surface area contributed by atoms with Crippen LogP contribution in [0.25, 0.3) is 11.3 Å². The normalized spacial score (nSPS) is 11.2. The highest BCUT2D eigenvalue weighted by molar-refractivity contribution is 5.93. The summed E-state index contributed by atoms with van der Waals surface area (Å²) in [5, 5.41) is 5.46. The van der Waals surface area contributed by atoms with Gasteiger partial charge in [0.1, 0.15) is 17.1 Å². The first-order chi connectivity index (χ1) is 16.4. The van der Waals surface area contributed by atoms with Crippen LogP contribution in [-0.2, 0) is 17.8 Å². The topological polar surface area (TPSA) is 119 Å². The molecule has 0 aliphatic carbocycles. The highest BCUT2D eigenvalue weighted by Gasteiger charge is 2.18. The summed E-state index contributed by atoms with van der Waals surface area (Å²) in [6.07, 6.45) is -0.589. The fourth-order valence-corrected chi connectivity index (χ4v) is 3.36. The fourth-order valence-electron chi connectivity index (χ4n) is 3.36. The average Bonchev–Trinajstić information content (AvgIpc) is 2.74.